The summed E-state index contributed by atoms with van der Waals surface area (Å²) in [6, 6.07) is 10.5. The van der Waals surface area contributed by atoms with E-state index < -0.39 is 0 Å². The van der Waals surface area contributed by atoms with E-state index in [1.807, 2.05) is 6.07 Å². The van der Waals surface area contributed by atoms with Gasteiger partial charge in [-0.2, -0.15) is 0 Å². The molecule has 3 heteroatoms. The van der Waals surface area contributed by atoms with Crippen molar-refractivity contribution < 1.29 is 0 Å². The van der Waals surface area contributed by atoms with E-state index in [2.05, 4.69) is 48.7 Å². The smallest absolute Gasteiger partial charge is 0.130 e. The van der Waals surface area contributed by atoms with Gasteiger partial charge in [-0.15, -0.1) is 0 Å². The first-order valence-corrected chi connectivity index (χ1v) is 7.02. The van der Waals surface area contributed by atoms with Crippen molar-refractivity contribution in [3.8, 4) is 0 Å². The van der Waals surface area contributed by atoms with E-state index in [9.17, 15) is 0 Å². The fraction of sp³-hybridized carbons (Fsp3) is 0.438. The summed E-state index contributed by atoms with van der Waals surface area (Å²) >= 11 is 0. The summed E-state index contributed by atoms with van der Waals surface area (Å²) in [7, 11) is 0. The monoisotopic (exact) mass is 255 g/mol. The standard InChI is InChI=1S/C16H21N3/c1-12-11-13-5-3-4-6-14(13)18-15(12)19-16(2)7-9-17-10-8-16/h3-6,11,17H,7-10H2,1-2H3,(H,18,19). The normalized spacial score (nSPS) is 18.4. The number of hydrogen-bond acceptors (Lipinski definition) is 3. The Morgan fingerprint density at radius 1 is 1.21 bits per heavy atom. The van der Waals surface area contributed by atoms with Gasteiger partial charge in [0.2, 0.25) is 0 Å². The molecule has 0 radical (unpaired) electrons. The Labute approximate surface area is 114 Å². The third kappa shape index (κ3) is 2.56. The molecular weight excluding hydrogens is 234 g/mol. The van der Waals surface area contributed by atoms with Gasteiger partial charge in [0.1, 0.15) is 5.82 Å². The molecular formula is C16H21N3. The van der Waals surface area contributed by atoms with Gasteiger partial charge in [-0.25, -0.2) is 4.98 Å². The van der Waals surface area contributed by atoms with E-state index >= 15 is 0 Å². The number of nitrogens with zero attached hydrogens (tertiary/aromatic N) is 1. The SMILES string of the molecule is Cc1cc2ccccc2nc1NC1(C)CCNCC1. The number of hydrogen-bond donors (Lipinski definition) is 2. The van der Waals surface area contributed by atoms with Gasteiger partial charge in [0, 0.05) is 10.9 Å². The lowest BCUT2D eigenvalue weighted by atomic mass is 9.90. The number of fused-ring (bicyclic) bond motifs is 1. The molecule has 1 fully saturated rings. The molecule has 3 rings (SSSR count). The summed E-state index contributed by atoms with van der Waals surface area (Å²) in [4.78, 5) is 4.78. The Morgan fingerprint density at radius 3 is 2.74 bits per heavy atom. The van der Waals surface area contributed by atoms with Crippen molar-refractivity contribution in [2.75, 3.05) is 18.4 Å². The Hall–Kier alpha value is -1.61. The molecule has 100 valence electrons. The summed E-state index contributed by atoms with van der Waals surface area (Å²) in [6.45, 7) is 6.59. The minimum Gasteiger partial charge on any atom is -0.365 e. The predicted molar refractivity (Wildman–Crippen MR) is 80.6 cm³/mol. The zero-order valence-electron chi connectivity index (χ0n) is 11.7. The summed E-state index contributed by atoms with van der Waals surface area (Å²) in [5.41, 5.74) is 2.44. The van der Waals surface area contributed by atoms with Gasteiger partial charge in [-0.3, -0.25) is 0 Å². The van der Waals surface area contributed by atoms with E-state index in [1.165, 1.54) is 10.9 Å². The molecule has 1 saturated heterocycles. The molecule has 0 amide bonds. The summed E-state index contributed by atoms with van der Waals surface area (Å²) in [6.07, 6.45) is 2.28. The highest BCUT2D eigenvalue weighted by molar-refractivity contribution is 5.81. The molecule has 0 atom stereocenters. The van der Waals surface area contributed by atoms with Crippen LogP contribution in [0.1, 0.15) is 25.3 Å². The number of anilines is 1. The molecule has 0 saturated carbocycles. The molecule has 1 aromatic heterocycles. The van der Waals surface area contributed by atoms with Gasteiger partial charge < -0.3 is 10.6 Å². The first-order valence-electron chi connectivity index (χ1n) is 7.02. The van der Waals surface area contributed by atoms with E-state index in [0.29, 0.717) is 0 Å². The predicted octanol–water partition coefficient (Wildman–Crippen LogP) is 3.10. The quantitative estimate of drug-likeness (QED) is 0.866. The molecule has 1 aromatic carbocycles. The zero-order valence-corrected chi connectivity index (χ0v) is 11.7. The van der Waals surface area contributed by atoms with Gasteiger partial charge in [0.25, 0.3) is 0 Å². The van der Waals surface area contributed by atoms with Crippen LogP contribution in [0.2, 0.25) is 0 Å². The molecule has 0 spiro atoms. The van der Waals surface area contributed by atoms with Crippen molar-refractivity contribution >= 4 is 16.7 Å². The number of aryl methyl sites for hydroxylation is 1. The number of rotatable bonds is 2. The number of nitrogens with one attached hydrogen (secondary N) is 2. The third-order valence-corrected chi connectivity index (χ3v) is 4.04. The van der Waals surface area contributed by atoms with Gasteiger partial charge in [-0.05, 0) is 57.5 Å². The molecule has 2 heterocycles. The largest absolute Gasteiger partial charge is 0.365 e. The fourth-order valence-electron chi connectivity index (χ4n) is 2.74. The number of piperidine rings is 1. The molecule has 1 aliphatic rings. The number of aromatic nitrogens is 1. The molecule has 1 aliphatic heterocycles. The highest BCUT2D eigenvalue weighted by atomic mass is 15.1. The lowest BCUT2D eigenvalue weighted by molar-refractivity contribution is 0.364. The average molecular weight is 255 g/mol. The molecule has 3 nitrogen and oxygen atoms in total. The Kier molecular flexibility index (Phi) is 3.15. The van der Waals surface area contributed by atoms with Gasteiger partial charge in [-0.1, -0.05) is 18.2 Å². The Balaban J connectivity index is 1.93. The molecule has 2 aromatic rings. The van der Waals surface area contributed by atoms with Crippen LogP contribution >= 0.6 is 0 Å². The van der Waals surface area contributed by atoms with E-state index in [1.54, 1.807) is 0 Å². The molecule has 0 unspecified atom stereocenters. The topological polar surface area (TPSA) is 37.0 Å². The second kappa shape index (κ2) is 4.82. The number of para-hydroxylation sites is 1. The minimum absolute atomic E-state index is 0.158. The maximum Gasteiger partial charge on any atom is 0.130 e. The summed E-state index contributed by atoms with van der Waals surface area (Å²) in [5, 5.41) is 8.29. The van der Waals surface area contributed by atoms with Crippen LogP contribution in [-0.2, 0) is 0 Å². The van der Waals surface area contributed by atoms with Crippen molar-refractivity contribution in [3.63, 3.8) is 0 Å². The molecule has 0 bridgehead atoms. The average Bonchev–Trinajstić information content (AvgIpc) is 2.40. The number of benzene rings is 1. The Morgan fingerprint density at radius 2 is 1.95 bits per heavy atom. The van der Waals surface area contributed by atoms with Crippen LogP contribution in [0.5, 0.6) is 0 Å². The first-order chi connectivity index (χ1) is 9.16. The summed E-state index contributed by atoms with van der Waals surface area (Å²) < 4.78 is 0. The van der Waals surface area contributed by atoms with Crippen LogP contribution in [0, 0.1) is 6.92 Å². The van der Waals surface area contributed by atoms with Gasteiger partial charge >= 0.3 is 0 Å². The summed E-state index contributed by atoms with van der Waals surface area (Å²) in [5.74, 6) is 1.03. The van der Waals surface area contributed by atoms with Crippen molar-refractivity contribution in [2.24, 2.45) is 0 Å². The Bertz CT molecular complexity index is 586. The zero-order chi connectivity index (χ0) is 13.3. The lowest BCUT2D eigenvalue weighted by Gasteiger charge is -2.36. The van der Waals surface area contributed by atoms with Gasteiger partial charge in [0.05, 0.1) is 5.52 Å². The lowest BCUT2D eigenvalue weighted by Crippen LogP contribution is -2.45. The first kappa shape index (κ1) is 12.4. The van der Waals surface area contributed by atoms with Crippen molar-refractivity contribution in [3.05, 3.63) is 35.9 Å². The van der Waals surface area contributed by atoms with Crippen LogP contribution in [0.25, 0.3) is 10.9 Å². The second-order valence-electron chi connectivity index (χ2n) is 5.78. The van der Waals surface area contributed by atoms with Crippen molar-refractivity contribution in [1.29, 1.82) is 0 Å². The minimum atomic E-state index is 0.158. The van der Waals surface area contributed by atoms with Crippen LogP contribution in [0.3, 0.4) is 0 Å². The van der Waals surface area contributed by atoms with Crippen LogP contribution in [0.15, 0.2) is 30.3 Å². The van der Waals surface area contributed by atoms with E-state index in [4.69, 9.17) is 4.98 Å². The molecule has 2 N–H and O–H groups in total. The maximum atomic E-state index is 4.78. The molecule has 0 aliphatic carbocycles. The van der Waals surface area contributed by atoms with E-state index in [0.717, 1.165) is 37.3 Å². The van der Waals surface area contributed by atoms with Crippen LogP contribution in [0.4, 0.5) is 5.82 Å². The fourth-order valence-corrected chi connectivity index (χ4v) is 2.74. The van der Waals surface area contributed by atoms with Crippen LogP contribution < -0.4 is 10.6 Å². The third-order valence-electron chi connectivity index (χ3n) is 4.04. The van der Waals surface area contributed by atoms with E-state index in [-0.39, 0.29) is 5.54 Å². The highest BCUT2D eigenvalue weighted by Crippen LogP contribution is 2.26. The van der Waals surface area contributed by atoms with Crippen molar-refractivity contribution in [1.82, 2.24) is 10.3 Å². The van der Waals surface area contributed by atoms with Crippen LogP contribution in [-0.4, -0.2) is 23.6 Å². The van der Waals surface area contributed by atoms with Crippen molar-refractivity contribution in [2.45, 2.75) is 32.2 Å². The highest BCUT2D eigenvalue weighted by Gasteiger charge is 2.27. The number of pyridine rings is 1. The second-order valence-corrected chi connectivity index (χ2v) is 5.78. The molecule has 19 heavy (non-hydrogen) atoms. The maximum absolute atomic E-state index is 4.78. The van der Waals surface area contributed by atoms with Gasteiger partial charge in [0.15, 0.2) is 0 Å².